The van der Waals surface area contributed by atoms with E-state index in [4.69, 9.17) is 10.8 Å². The lowest BCUT2D eigenvalue weighted by Gasteiger charge is -2.12. The average molecular weight is 191 g/mol. The van der Waals surface area contributed by atoms with Gasteiger partial charge in [-0.1, -0.05) is 24.3 Å². The number of hydrogen-bond acceptors (Lipinski definition) is 2. The van der Waals surface area contributed by atoms with Gasteiger partial charge in [0.25, 0.3) is 0 Å². The third-order valence-corrected chi connectivity index (χ3v) is 2.84. The maximum absolute atomic E-state index is 10.6. The Balaban J connectivity index is 2.21. The fraction of sp³-hybridized carbons (Fsp3) is 0.364. The molecular weight excluding hydrogens is 178 g/mol. The van der Waals surface area contributed by atoms with Crippen LogP contribution >= 0.6 is 0 Å². The predicted octanol–water partition coefficient (Wildman–Crippen LogP) is 1.33. The number of carboxylic acid groups (broad SMARTS) is 1. The molecule has 0 aromatic heterocycles. The van der Waals surface area contributed by atoms with Crippen molar-refractivity contribution in [1.29, 1.82) is 0 Å². The van der Waals surface area contributed by atoms with E-state index in [1.807, 2.05) is 24.3 Å². The second-order valence-corrected chi connectivity index (χ2v) is 3.79. The lowest BCUT2D eigenvalue weighted by Crippen LogP contribution is -2.19. The molecule has 0 saturated carbocycles. The molecule has 2 rings (SSSR count). The van der Waals surface area contributed by atoms with E-state index in [9.17, 15) is 4.79 Å². The summed E-state index contributed by atoms with van der Waals surface area (Å²) in [7, 11) is 0. The van der Waals surface area contributed by atoms with Gasteiger partial charge in [0.15, 0.2) is 0 Å². The first-order valence-electron chi connectivity index (χ1n) is 4.73. The fourth-order valence-electron chi connectivity index (χ4n) is 2.13. The van der Waals surface area contributed by atoms with E-state index in [0.29, 0.717) is 0 Å². The Morgan fingerprint density at radius 1 is 1.50 bits per heavy atom. The molecule has 1 aromatic rings. The molecule has 2 atom stereocenters. The quantitative estimate of drug-likeness (QED) is 0.741. The number of carboxylic acids is 1. The van der Waals surface area contributed by atoms with Gasteiger partial charge in [-0.3, -0.25) is 4.79 Å². The largest absolute Gasteiger partial charge is 0.481 e. The minimum absolute atomic E-state index is 0.0601. The summed E-state index contributed by atoms with van der Waals surface area (Å²) in [4.78, 5) is 10.6. The molecule has 0 aliphatic heterocycles. The minimum atomic E-state index is -0.766. The fourth-order valence-corrected chi connectivity index (χ4v) is 2.13. The molecule has 1 aromatic carbocycles. The van der Waals surface area contributed by atoms with Crippen LogP contribution in [0.3, 0.4) is 0 Å². The third kappa shape index (κ3) is 1.51. The number of carbonyl (C=O) groups is 1. The van der Waals surface area contributed by atoms with Crippen LogP contribution in [0, 0.1) is 5.92 Å². The van der Waals surface area contributed by atoms with Gasteiger partial charge >= 0.3 is 5.97 Å². The summed E-state index contributed by atoms with van der Waals surface area (Å²) in [6.07, 6.45) is 0.958. The van der Waals surface area contributed by atoms with Crippen LogP contribution in [0.25, 0.3) is 0 Å². The summed E-state index contributed by atoms with van der Waals surface area (Å²) in [5.41, 5.74) is 8.29. The molecule has 0 spiro atoms. The normalized spacial score (nSPS) is 24.6. The van der Waals surface area contributed by atoms with Crippen molar-refractivity contribution in [1.82, 2.24) is 0 Å². The Morgan fingerprint density at radius 2 is 2.21 bits per heavy atom. The van der Waals surface area contributed by atoms with Crippen LogP contribution in [0.1, 0.15) is 23.6 Å². The molecule has 0 heterocycles. The van der Waals surface area contributed by atoms with Crippen molar-refractivity contribution in [2.75, 3.05) is 0 Å². The Labute approximate surface area is 82.5 Å². The first-order valence-corrected chi connectivity index (χ1v) is 4.73. The molecule has 3 N–H and O–H groups in total. The second kappa shape index (κ2) is 3.42. The second-order valence-electron chi connectivity index (χ2n) is 3.79. The van der Waals surface area contributed by atoms with Crippen LogP contribution in [0.5, 0.6) is 0 Å². The third-order valence-electron chi connectivity index (χ3n) is 2.84. The number of benzene rings is 1. The number of hydrogen-bond donors (Lipinski definition) is 2. The van der Waals surface area contributed by atoms with E-state index >= 15 is 0 Å². The van der Waals surface area contributed by atoms with E-state index in [1.165, 1.54) is 5.56 Å². The van der Waals surface area contributed by atoms with E-state index in [0.717, 1.165) is 12.0 Å². The summed E-state index contributed by atoms with van der Waals surface area (Å²) < 4.78 is 0. The monoisotopic (exact) mass is 191 g/mol. The SMILES string of the molecule is NC1c2ccccc2CC1CC(=O)O. The summed E-state index contributed by atoms with van der Waals surface area (Å²) in [5.74, 6) is -0.705. The van der Waals surface area contributed by atoms with Gasteiger partial charge in [0.1, 0.15) is 0 Å². The van der Waals surface area contributed by atoms with E-state index < -0.39 is 5.97 Å². The van der Waals surface area contributed by atoms with Crippen molar-refractivity contribution in [3.8, 4) is 0 Å². The summed E-state index contributed by atoms with van der Waals surface area (Å²) in [6, 6.07) is 7.82. The van der Waals surface area contributed by atoms with Gasteiger partial charge in [0, 0.05) is 6.04 Å². The number of fused-ring (bicyclic) bond motifs is 1. The highest BCUT2D eigenvalue weighted by Crippen LogP contribution is 2.35. The van der Waals surface area contributed by atoms with Gasteiger partial charge < -0.3 is 10.8 Å². The molecule has 74 valence electrons. The Bertz CT molecular complexity index is 362. The van der Waals surface area contributed by atoms with Crippen LogP contribution in [0.4, 0.5) is 0 Å². The van der Waals surface area contributed by atoms with Crippen molar-refractivity contribution in [3.05, 3.63) is 35.4 Å². The molecule has 1 aliphatic carbocycles. The maximum Gasteiger partial charge on any atom is 0.303 e. The first-order chi connectivity index (χ1) is 6.68. The number of nitrogens with two attached hydrogens (primary N) is 1. The zero-order chi connectivity index (χ0) is 10.1. The number of aliphatic carboxylic acids is 1. The molecule has 0 saturated heterocycles. The molecule has 14 heavy (non-hydrogen) atoms. The molecule has 3 heteroatoms. The average Bonchev–Trinajstić information content (AvgIpc) is 2.44. The van der Waals surface area contributed by atoms with Crippen molar-refractivity contribution < 1.29 is 9.90 Å². The molecule has 1 aliphatic rings. The lowest BCUT2D eigenvalue weighted by atomic mass is 9.98. The molecular formula is C11H13NO2. The van der Waals surface area contributed by atoms with E-state index in [1.54, 1.807) is 0 Å². The Hall–Kier alpha value is -1.35. The summed E-state index contributed by atoms with van der Waals surface area (Å²) in [5, 5.41) is 8.72. The van der Waals surface area contributed by atoms with E-state index in [2.05, 4.69) is 0 Å². The predicted molar refractivity (Wildman–Crippen MR) is 52.8 cm³/mol. The first kappa shape index (κ1) is 9.21. The van der Waals surface area contributed by atoms with Gasteiger partial charge in [0.05, 0.1) is 6.42 Å². The number of rotatable bonds is 2. The molecule has 0 fully saturated rings. The standard InChI is InChI=1S/C11H13NO2/c12-11-8(6-10(13)14)5-7-3-1-2-4-9(7)11/h1-4,8,11H,5-6,12H2,(H,13,14). The van der Waals surface area contributed by atoms with Crippen molar-refractivity contribution in [3.63, 3.8) is 0 Å². The Morgan fingerprint density at radius 3 is 2.86 bits per heavy atom. The smallest absolute Gasteiger partial charge is 0.303 e. The highest BCUT2D eigenvalue weighted by molar-refractivity contribution is 5.67. The molecule has 2 unspecified atom stereocenters. The molecule has 0 bridgehead atoms. The molecule has 0 radical (unpaired) electrons. The van der Waals surface area contributed by atoms with E-state index in [-0.39, 0.29) is 18.4 Å². The van der Waals surface area contributed by atoms with Crippen LogP contribution in [-0.2, 0) is 11.2 Å². The lowest BCUT2D eigenvalue weighted by molar-refractivity contribution is -0.138. The van der Waals surface area contributed by atoms with Gasteiger partial charge in [-0.25, -0.2) is 0 Å². The highest BCUT2D eigenvalue weighted by Gasteiger charge is 2.30. The van der Waals surface area contributed by atoms with Crippen molar-refractivity contribution in [2.45, 2.75) is 18.9 Å². The molecule has 3 nitrogen and oxygen atoms in total. The van der Waals surface area contributed by atoms with Gasteiger partial charge in [0.2, 0.25) is 0 Å². The zero-order valence-corrected chi connectivity index (χ0v) is 7.81. The maximum atomic E-state index is 10.6. The van der Waals surface area contributed by atoms with Crippen molar-refractivity contribution >= 4 is 5.97 Å². The topological polar surface area (TPSA) is 63.3 Å². The van der Waals surface area contributed by atoms with Crippen LogP contribution in [0.2, 0.25) is 0 Å². The molecule has 0 amide bonds. The minimum Gasteiger partial charge on any atom is -0.481 e. The van der Waals surface area contributed by atoms with Crippen molar-refractivity contribution in [2.24, 2.45) is 11.7 Å². The van der Waals surface area contributed by atoms with Gasteiger partial charge in [-0.2, -0.15) is 0 Å². The van der Waals surface area contributed by atoms with Gasteiger partial charge in [-0.05, 0) is 23.5 Å². The summed E-state index contributed by atoms with van der Waals surface area (Å²) >= 11 is 0. The highest BCUT2D eigenvalue weighted by atomic mass is 16.4. The van der Waals surface area contributed by atoms with Crippen LogP contribution in [-0.4, -0.2) is 11.1 Å². The zero-order valence-electron chi connectivity index (χ0n) is 7.81. The van der Waals surface area contributed by atoms with Gasteiger partial charge in [-0.15, -0.1) is 0 Å². The Kier molecular flexibility index (Phi) is 2.25. The summed E-state index contributed by atoms with van der Waals surface area (Å²) in [6.45, 7) is 0. The van der Waals surface area contributed by atoms with Crippen LogP contribution in [0.15, 0.2) is 24.3 Å². The van der Waals surface area contributed by atoms with Crippen LogP contribution < -0.4 is 5.73 Å².